The zero-order valence-corrected chi connectivity index (χ0v) is 11.9. The van der Waals surface area contributed by atoms with Gasteiger partial charge < -0.3 is 10.6 Å². The average molecular weight is 276 g/mol. The molecule has 2 heterocycles. The van der Waals surface area contributed by atoms with E-state index in [0.717, 1.165) is 37.2 Å². The van der Waals surface area contributed by atoms with Crippen molar-refractivity contribution in [2.75, 3.05) is 24.2 Å². The molecule has 4 heteroatoms. The molecule has 102 valence electrons. The summed E-state index contributed by atoms with van der Waals surface area (Å²) in [4.78, 5) is 12.3. The number of carbonyl (C=O) groups excluding carboxylic acids is 1. The molecule has 2 N–H and O–H groups in total. The Morgan fingerprint density at radius 3 is 3.21 bits per heavy atom. The van der Waals surface area contributed by atoms with Gasteiger partial charge in [0.2, 0.25) is 0 Å². The lowest BCUT2D eigenvalue weighted by Crippen LogP contribution is -2.31. The molecule has 3 nitrogen and oxygen atoms in total. The number of thioether (sulfide) groups is 1. The molecular formula is C15H20N2OS. The summed E-state index contributed by atoms with van der Waals surface area (Å²) in [6.07, 6.45) is 4.63. The molecule has 1 unspecified atom stereocenters. The molecule has 0 spiro atoms. The van der Waals surface area contributed by atoms with Gasteiger partial charge in [-0.25, -0.2) is 0 Å². The summed E-state index contributed by atoms with van der Waals surface area (Å²) in [6.45, 7) is 1.82. The lowest BCUT2D eigenvalue weighted by atomic mass is 9.97. The molecule has 0 saturated carbocycles. The van der Waals surface area contributed by atoms with E-state index in [9.17, 15) is 4.79 Å². The molecule has 19 heavy (non-hydrogen) atoms. The van der Waals surface area contributed by atoms with Crippen LogP contribution in [0.15, 0.2) is 18.2 Å². The predicted molar refractivity (Wildman–Crippen MR) is 81.1 cm³/mol. The van der Waals surface area contributed by atoms with Gasteiger partial charge in [-0.05, 0) is 49.1 Å². The van der Waals surface area contributed by atoms with E-state index in [0.29, 0.717) is 5.25 Å². The van der Waals surface area contributed by atoms with Crippen LogP contribution < -0.4 is 10.6 Å². The predicted octanol–water partition coefficient (Wildman–Crippen LogP) is 2.67. The van der Waals surface area contributed by atoms with Crippen molar-refractivity contribution < 1.29 is 4.79 Å². The number of hydrogen-bond acceptors (Lipinski definition) is 3. The van der Waals surface area contributed by atoms with Crippen LogP contribution in [0, 0.1) is 0 Å². The molecule has 1 amide bonds. The molecule has 2 aliphatic heterocycles. The Balaban J connectivity index is 1.68. The van der Waals surface area contributed by atoms with Crippen molar-refractivity contribution in [3.8, 4) is 0 Å². The molecule has 1 aromatic rings. The summed E-state index contributed by atoms with van der Waals surface area (Å²) in [6, 6.07) is 5.98. The van der Waals surface area contributed by atoms with Crippen LogP contribution in [0.25, 0.3) is 0 Å². The fourth-order valence-electron chi connectivity index (χ4n) is 2.83. The minimum Gasteiger partial charge on any atom is -0.385 e. The largest absolute Gasteiger partial charge is 0.385 e. The van der Waals surface area contributed by atoms with Gasteiger partial charge in [0.1, 0.15) is 0 Å². The van der Waals surface area contributed by atoms with Gasteiger partial charge >= 0.3 is 0 Å². The zero-order valence-electron chi connectivity index (χ0n) is 11.1. The first-order valence-electron chi connectivity index (χ1n) is 7.10. The van der Waals surface area contributed by atoms with E-state index in [1.54, 1.807) is 0 Å². The van der Waals surface area contributed by atoms with Crippen molar-refractivity contribution in [1.82, 2.24) is 5.32 Å². The van der Waals surface area contributed by atoms with Crippen molar-refractivity contribution in [2.24, 2.45) is 0 Å². The third-order valence-electron chi connectivity index (χ3n) is 3.85. The van der Waals surface area contributed by atoms with Crippen LogP contribution in [0.2, 0.25) is 0 Å². The van der Waals surface area contributed by atoms with E-state index in [-0.39, 0.29) is 5.91 Å². The zero-order chi connectivity index (χ0) is 13.1. The Morgan fingerprint density at radius 1 is 1.42 bits per heavy atom. The smallest absolute Gasteiger partial charge is 0.251 e. The lowest BCUT2D eigenvalue weighted by Gasteiger charge is -2.21. The normalized spacial score (nSPS) is 21.6. The molecule has 1 aromatic carbocycles. The molecule has 3 rings (SSSR count). The first-order valence-corrected chi connectivity index (χ1v) is 8.15. The van der Waals surface area contributed by atoms with E-state index in [1.807, 2.05) is 23.9 Å². The second-order valence-corrected chi connectivity index (χ2v) is 6.62. The number of rotatable bonds is 3. The minimum absolute atomic E-state index is 0.0908. The van der Waals surface area contributed by atoms with Crippen molar-refractivity contribution in [1.29, 1.82) is 0 Å². The topological polar surface area (TPSA) is 41.1 Å². The van der Waals surface area contributed by atoms with Crippen LogP contribution in [0.1, 0.15) is 35.2 Å². The molecule has 1 fully saturated rings. The maximum absolute atomic E-state index is 12.3. The van der Waals surface area contributed by atoms with E-state index in [2.05, 4.69) is 16.7 Å². The van der Waals surface area contributed by atoms with Crippen LogP contribution >= 0.6 is 11.8 Å². The number of hydrogen-bond donors (Lipinski definition) is 2. The van der Waals surface area contributed by atoms with Crippen LogP contribution in [0.3, 0.4) is 0 Å². The SMILES string of the molecule is O=C(NCC1CCCS1)c1cccc2c1CCCN2. The molecular weight excluding hydrogens is 256 g/mol. The Morgan fingerprint density at radius 2 is 2.37 bits per heavy atom. The third kappa shape index (κ3) is 2.89. The average Bonchev–Trinajstić information content (AvgIpc) is 2.97. The van der Waals surface area contributed by atoms with Crippen molar-refractivity contribution in [2.45, 2.75) is 30.9 Å². The fourth-order valence-corrected chi connectivity index (χ4v) is 4.03. The van der Waals surface area contributed by atoms with Gasteiger partial charge in [-0.2, -0.15) is 11.8 Å². The number of carbonyl (C=O) groups is 1. The van der Waals surface area contributed by atoms with E-state index < -0.39 is 0 Å². The van der Waals surface area contributed by atoms with Gasteiger partial charge in [0.15, 0.2) is 0 Å². The summed E-state index contributed by atoms with van der Waals surface area (Å²) in [5, 5.41) is 7.09. The van der Waals surface area contributed by atoms with Gasteiger partial charge in [-0.1, -0.05) is 6.07 Å². The summed E-state index contributed by atoms with van der Waals surface area (Å²) in [5.41, 5.74) is 3.17. The van der Waals surface area contributed by atoms with Gasteiger partial charge in [-0.15, -0.1) is 0 Å². The Labute approximate surface area is 118 Å². The first-order chi connectivity index (χ1) is 9.34. The highest BCUT2D eigenvalue weighted by atomic mass is 32.2. The highest BCUT2D eigenvalue weighted by Gasteiger charge is 2.20. The third-order valence-corrected chi connectivity index (χ3v) is 5.25. The van der Waals surface area contributed by atoms with E-state index >= 15 is 0 Å². The number of anilines is 1. The number of benzene rings is 1. The molecule has 0 bridgehead atoms. The van der Waals surface area contributed by atoms with Crippen LogP contribution in [-0.2, 0) is 6.42 Å². The number of amides is 1. The van der Waals surface area contributed by atoms with Crippen molar-refractivity contribution >= 4 is 23.4 Å². The second kappa shape index (κ2) is 5.87. The molecule has 0 aliphatic carbocycles. The van der Waals surface area contributed by atoms with Crippen LogP contribution in [0.5, 0.6) is 0 Å². The number of nitrogens with one attached hydrogen (secondary N) is 2. The van der Waals surface area contributed by atoms with E-state index in [4.69, 9.17) is 0 Å². The highest BCUT2D eigenvalue weighted by molar-refractivity contribution is 8.00. The Kier molecular flexibility index (Phi) is 3.97. The lowest BCUT2D eigenvalue weighted by molar-refractivity contribution is 0.0952. The second-order valence-electron chi connectivity index (χ2n) is 5.21. The maximum Gasteiger partial charge on any atom is 0.251 e. The molecule has 1 atom stereocenters. The standard InChI is InChI=1S/C15H20N2OS/c18-15(17-10-11-4-3-9-19-11)13-5-1-7-14-12(13)6-2-8-16-14/h1,5,7,11,16H,2-4,6,8-10H2,(H,17,18). The summed E-state index contributed by atoms with van der Waals surface area (Å²) in [7, 11) is 0. The number of fused-ring (bicyclic) bond motifs is 1. The van der Waals surface area contributed by atoms with Gasteiger partial charge in [0, 0.05) is 29.6 Å². The Bertz CT molecular complexity index is 469. The van der Waals surface area contributed by atoms with Gasteiger partial charge in [-0.3, -0.25) is 4.79 Å². The monoisotopic (exact) mass is 276 g/mol. The molecule has 0 radical (unpaired) electrons. The first kappa shape index (κ1) is 12.9. The summed E-state index contributed by atoms with van der Waals surface area (Å²) < 4.78 is 0. The fraction of sp³-hybridized carbons (Fsp3) is 0.533. The Hall–Kier alpha value is -1.16. The van der Waals surface area contributed by atoms with Crippen LogP contribution in [0.4, 0.5) is 5.69 Å². The quantitative estimate of drug-likeness (QED) is 0.892. The van der Waals surface area contributed by atoms with E-state index in [1.165, 1.54) is 24.2 Å². The molecule has 0 aromatic heterocycles. The molecule has 1 saturated heterocycles. The van der Waals surface area contributed by atoms with Crippen molar-refractivity contribution in [3.05, 3.63) is 29.3 Å². The summed E-state index contributed by atoms with van der Waals surface area (Å²) in [5.74, 6) is 1.33. The summed E-state index contributed by atoms with van der Waals surface area (Å²) >= 11 is 1.98. The molecule has 2 aliphatic rings. The van der Waals surface area contributed by atoms with Crippen molar-refractivity contribution in [3.63, 3.8) is 0 Å². The maximum atomic E-state index is 12.3. The van der Waals surface area contributed by atoms with Gasteiger partial charge in [0.05, 0.1) is 0 Å². The van der Waals surface area contributed by atoms with Gasteiger partial charge in [0.25, 0.3) is 5.91 Å². The highest BCUT2D eigenvalue weighted by Crippen LogP contribution is 2.27. The van der Waals surface area contributed by atoms with Crippen LogP contribution in [-0.4, -0.2) is 30.0 Å². The minimum atomic E-state index is 0.0908.